The molecule has 0 unspecified atom stereocenters. The monoisotopic (exact) mass is 656 g/mol. The molecule has 1 heterocycles. The normalized spacial score (nSPS) is 12.0. The minimum Gasteiger partial charge on any atom is -0.493 e. The van der Waals surface area contributed by atoms with Gasteiger partial charge in [0.15, 0.2) is 5.75 Å². The Bertz CT molecular complexity index is 1530. The smallest absolute Gasteiger partial charge is 0.155 e. The van der Waals surface area contributed by atoms with E-state index < -0.39 is 0 Å². The van der Waals surface area contributed by atoms with Gasteiger partial charge in [-0.15, -0.1) is 0 Å². The molecule has 0 spiro atoms. The van der Waals surface area contributed by atoms with Crippen LogP contribution in [0, 0.1) is 0 Å². The molecule has 7 heteroatoms. The summed E-state index contributed by atoms with van der Waals surface area (Å²) >= 11 is 0. The summed E-state index contributed by atoms with van der Waals surface area (Å²) in [5.74, 6) is 4.09. The van der Waals surface area contributed by atoms with E-state index in [9.17, 15) is 0 Å². The number of para-hydroxylation sites is 1. The van der Waals surface area contributed by atoms with E-state index in [0.29, 0.717) is 13.2 Å². The Labute approximate surface area is 290 Å². The lowest BCUT2D eigenvalue weighted by atomic mass is 9.87. The van der Waals surface area contributed by atoms with Crippen molar-refractivity contribution >= 4 is 11.0 Å². The Morgan fingerprint density at radius 1 is 0.688 bits per heavy atom. The highest BCUT2D eigenvalue weighted by molar-refractivity contribution is 5.87. The van der Waals surface area contributed by atoms with Gasteiger partial charge in [-0.3, -0.25) is 0 Å². The van der Waals surface area contributed by atoms with Crippen LogP contribution in [-0.2, 0) is 12.0 Å². The van der Waals surface area contributed by atoms with Gasteiger partial charge in [-0.2, -0.15) is 0 Å². The number of nitrogens with zero attached hydrogens (tertiary/aromatic N) is 4. The molecule has 0 saturated heterocycles. The van der Waals surface area contributed by atoms with E-state index in [2.05, 4.69) is 124 Å². The lowest BCUT2D eigenvalue weighted by Crippen LogP contribution is -2.25. The predicted octanol–water partition coefficient (Wildman–Crippen LogP) is 9.81. The third-order valence-corrected chi connectivity index (χ3v) is 9.17. The fraction of sp³-hybridized carbons (Fsp3) is 0.537. The first kappa shape index (κ1) is 37.3. The van der Waals surface area contributed by atoms with Crippen LogP contribution >= 0.6 is 0 Å². The van der Waals surface area contributed by atoms with Crippen molar-refractivity contribution in [3.63, 3.8) is 0 Å². The van der Waals surface area contributed by atoms with Crippen LogP contribution in [0.4, 0.5) is 0 Å². The highest BCUT2D eigenvalue weighted by Gasteiger charge is 2.21. The van der Waals surface area contributed by atoms with Gasteiger partial charge in [-0.05, 0) is 92.8 Å². The highest BCUT2D eigenvalue weighted by Crippen LogP contribution is 2.38. The lowest BCUT2D eigenvalue weighted by molar-refractivity contribution is 0.243. The number of ether oxygens (including phenoxy) is 3. The first-order chi connectivity index (χ1) is 23.2. The number of fused-ring (bicyclic) bond motifs is 1. The van der Waals surface area contributed by atoms with Crippen LogP contribution in [0.25, 0.3) is 22.4 Å². The summed E-state index contributed by atoms with van der Waals surface area (Å²) in [5.41, 5.74) is 4.25. The van der Waals surface area contributed by atoms with Gasteiger partial charge in [-0.25, -0.2) is 4.98 Å². The van der Waals surface area contributed by atoms with Gasteiger partial charge in [0.1, 0.15) is 28.6 Å². The van der Waals surface area contributed by atoms with Crippen LogP contribution in [0.1, 0.15) is 86.6 Å². The van der Waals surface area contributed by atoms with E-state index in [1.54, 1.807) is 0 Å². The van der Waals surface area contributed by atoms with Crippen molar-refractivity contribution in [1.82, 2.24) is 19.4 Å². The molecule has 0 N–H and O–H groups in total. The molecule has 0 fully saturated rings. The summed E-state index contributed by atoms with van der Waals surface area (Å²) in [6, 6.07) is 20.9. The molecular weight excluding hydrogens is 596 g/mol. The largest absolute Gasteiger partial charge is 0.493 e. The fourth-order valence-electron chi connectivity index (χ4n) is 6.03. The summed E-state index contributed by atoms with van der Waals surface area (Å²) in [6.07, 6.45) is 4.07. The lowest BCUT2D eigenvalue weighted by Gasteiger charge is -2.19. The van der Waals surface area contributed by atoms with Crippen molar-refractivity contribution in [3.05, 3.63) is 66.2 Å². The second-order valence-electron chi connectivity index (χ2n) is 13.6. The number of unbranched alkanes of at least 4 members (excludes halogenated alkanes) is 1. The van der Waals surface area contributed by atoms with E-state index in [-0.39, 0.29) is 5.41 Å². The molecule has 0 saturated carbocycles. The maximum atomic E-state index is 6.57. The number of aromatic nitrogens is 2. The van der Waals surface area contributed by atoms with Crippen molar-refractivity contribution in [1.29, 1.82) is 0 Å². The van der Waals surface area contributed by atoms with Gasteiger partial charge in [0.2, 0.25) is 0 Å². The van der Waals surface area contributed by atoms with Crippen molar-refractivity contribution in [2.24, 2.45) is 0 Å². The zero-order chi connectivity index (χ0) is 34.5. The van der Waals surface area contributed by atoms with E-state index in [1.165, 1.54) is 5.56 Å². The quantitative estimate of drug-likeness (QED) is 0.0883. The first-order valence-corrected chi connectivity index (χ1v) is 18.3. The molecule has 7 nitrogen and oxygen atoms in total. The van der Waals surface area contributed by atoms with E-state index in [0.717, 1.165) is 117 Å². The van der Waals surface area contributed by atoms with Gasteiger partial charge in [0, 0.05) is 25.7 Å². The molecule has 0 radical (unpaired) electrons. The summed E-state index contributed by atoms with van der Waals surface area (Å²) in [6.45, 7) is 26.2. The van der Waals surface area contributed by atoms with Crippen LogP contribution in [0.3, 0.4) is 0 Å². The van der Waals surface area contributed by atoms with Crippen molar-refractivity contribution in [3.8, 4) is 34.4 Å². The van der Waals surface area contributed by atoms with Crippen molar-refractivity contribution < 1.29 is 14.2 Å². The van der Waals surface area contributed by atoms with Gasteiger partial charge >= 0.3 is 0 Å². The second kappa shape index (κ2) is 18.3. The van der Waals surface area contributed by atoms with Crippen LogP contribution in [0.2, 0.25) is 0 Å². The Morgan fingerprint density at radius 2 is 1.31 bits per heavy atom. The molecular formula is C41H60N4O3. The summed E-state index contributed by atoms with van der Waals surface area (Å²) in [7, 11) is 0. The van der Waals surface area contributed by atoms with Gasteiger partial charge in [0.25, 0.3) is 0 Å². The number of benzene rings is 3. The molecule has 0 aliphatic carbocycles. The summed E-state index contributed by atoms with van der Waals surface area (Å²) in [5, 5.41) is 0. The molecule has 0 amide bonds. The van der Waals surface area contributed by atoms with E-state index >= 15 is 0 Å². The number of hydrogen-bond donors (Lipinski definition) is 0. The molecule has 4 rings (SSSR count). The van der Waals surface area contributed by atoms with E-state index in [1.807, 2.05) is 6.07 Å². The zero-order valence-electron chi connectivity index (χ0n) is 31.0. The average Bonchev–Trinajstić information content (AvgIpc) is 3.46. The number of aryl methyl sites for hydroxylation is 1. The molecule has 0 aliphatic rings. The average molecular weight is 657 g/mol. The molecule has 0 aliphatic heterocycles. The highest BCUT2D eigenvalue weighted by atomic mass is 16.5. The van der Waals surface area contributed by atoms with Crippen molar-refractivity contribution in [2.45, 2.75) is 93.0 Å². The van der Waals surface area contributed by atoms with Crippen molar-refractivity contribution in [2.75, 3.05) is 52.5 Å². The van der Waals surface area contributed by atoms with Crippen LogP contribution in [-0.4, -0.2) is 71.8 Å². The Morgan fingerprint density at radius 3 is 1.92 bits per heavy atom. The Balaban J connectivity index is 1.68. The fourth-order valence-corrected chi connectivity index (χ4v) is 6.03. The topological polar surface area (TPSA) is 52.0 Å². The SMILES string of the molecule is CCCCn1c(-c2ccc(OCCCN(CC)CC)cc2OCCCN(CC)CC)nc2c(Oc3ccc(C(C)(C)C)cc3)cccc21. The minimum atomic E-state index is 0.0859. The number of rotatable bonds is 20. The van der Waals surface area contributed by atoms with Crippen LogP contribution in [0.15, 0.2) is 60.7 Å². The zero-order valence-corrected chi connectivity index (χ0v) is 31.0. The molecule has 48 heavy (non-hydrogen) atoms. The third-order valence-electron chi connectivity index (χ3n) is 9.17. The standard InChI is InChI=1S/C41H60N4O3/c1-9-14-28-45-36-18-15-19-37(48-33-22-20-32(21-23-33)41(6,7)8)39(36)42-40(45)35-25-24-34(46-29-16-26-43(10-2)11-3)31-38(35)47-30-17-27-44(12-4)13-5/h15,18-25,31H,9-14,16-17,26-30H2,1-8H3. The van der Waals surface area contributed by atoms with Crippen LogP contribution < -0.4 is 14.2 Å². The molecule has 3 aromatic carbocycles. The van der Waals surface area contributed by atoms with E-state index in [4.69, 9.17) is 19.2 Å². The first-order valence-electron chi connectivity index (χ1n) is 18.3. The Hall–Kier alpha value is -3.55. The summed E-state index contributed by atoms with van der Waals surface area (Å²) in [4.78, 5) is 10.1. The maximum Gasteiger partial charge on any atom is 0.155 e. The third kappa shape index (κ3) is 9.99. The molecule has 0 bridgehead atoms. The second-order valence-corrected chi connectivity index (χ2v) is 13.6. The summed E-state index contributed by atoms with van der Waals surface area (Å²) < 4.78 is 21.7. The predicted molar refractivity (Wildman–Crippen MR) is 201 cm³/mol. The number of hydrogen-bond acceptors (Lipinski definition) is 6. The van der Waals surface area contributed by atoms with Gasteiger partial charge in [0.05, 0.1) is 24.3 Å². The number of imidazole rings is 1. The maximum absolute atomic E-state index is 6.57. The molecule has 0 atom stereocenters. The molecule has 1 aromatic heterocycles. The van der Waals surface area contributed by atoms with Gasteiger partial charge in [-0.1, -0.05) is 80.0 Å². The molecule has 262 valence electrons. The Kier molecular flexibility index (Phi) is 14.2. The minimum absolute atomic E-state index is 0.0859. The molecule has 4 aromatic rings. The van der Waals surface area contributed by atoms with Crippen LogP contribution in [0.5, 0.6) is 23.0 Å². The van der Waals surface area contributed by atoms with Gasteiger partial charge < -0.3 is 28.6 Å².